The highest BCUT2D eigenvalue weighted by molar-refractivity contribution is 7.09. The summed E-state index contributed by atoms with van der Waals surface area (Å²) in [5.41, 5.74) is 1.61. The number of ether oxygens (including phenoxy) is 1. The second-order valence-electron chi connectivity index (χ2n) is 4.36. The Kier molecular flexibility index (Phi) is 5.16. The molecule has 0 saturated carbocycles. The van der Waals surface area contributed by atoms with Gasteiger partial charge in [-0.25, -0.2) is 4.98 Å². The molecule has 7 nitrogen and oxygen atoms in total. The van der Waals surface area contributed by atoms with E-state index in [-0.39, 0.29) is 12.1 Å². The van der Waals surface area contributed by atoms with Gasteiger partial charge in [0.05, 0.1) is 28.2 Å². The molecular formula is C13H11F2N3O4S. The fourth-order valence-corrected chi connectivity index (χ4v) is 2.48. The maximum absolute atomic E-state index is 12.4. The Bertz CT molecular complexity index is 736. The van der Waals surface area contributed by atoms with Crippen LogP contribution in [0.25, 0.3) is 0 Å². The molecule has 1 amide bonds. The first-order valence-electron chi connectivity index (χ1n) is 6.29. The van der Waals surface area contributed by atoms with Crippen molar-refractivity contribution in [2.75, 3.05) is 0 Å². The van der Waals surface area contributed by atoms with Gasteiger partial charge in [0.1, 0.15) is 5.75 Å². The Morgan fingerprint density at radius 1 is 1.52 bits per heavy atom. The number of nitro benzene ring substituents is 1. The predicted octanol–water partition coefficient (Wildman–Crippen LogP) is 2.89. The van der Waals surface area contributed by atoms with Crippen LogP contribution in [-0.4, -0.2) is 22.4 Å². The van der Waals surface area contributed by atoms with E-state index >= 15 is 0 Å². The number of carbonyl (C=O) groups is 1. The molecule has 0 aliphatic carbocycles. The van der Waals surface area contributed by atoms with Crippen molar-refractivity contribution in [2.24, 2.45) is 0 Å². The van der Waals surface area contributed by atoms with Crippen molar-refractivity contribution >= 4 is 22.9 Å². The largest absolute Gasteiger partial charge is 0.434 e. The van der Waals surface area contributed by atoms with E-state index in [9.17, 15) is 23.7 Å². The van der Waals surface area contributed by atoms with E-state index in [2.05, 4.69) is 15.0 Å². The maximum Gasteiger partial charge on any atom is 0.387 e. The molecule has 0 aliphatic heterocycles. The molecule has 10 heteroatoms. The minimum atomic E-state index is -3.15. The van der Waals surface area contributed by atoms with Crippen molar-refractivity contribution < 1.29 is 23.2 Å². The van der Waals surface area contributed by atoms with Crippen LogP contribution >= 0.6 is 11.3 Å². The highest BCUT2D eigenvalue weighted by Gasteiger charge is 2.20. The number of carbonyl (C=O) groups excluding carboxylic acids is 1. The number of alkyl halides is 2. The molecule has 23 heavy (non-hydrogen) atoms. The lowest BCUT2D eigenvalue weighted by molar-refractivity contribution is -0.384. The molecule has 0 aliphatic rings. The summed E-state index contributed by atoms with van der Waals surface area (Å²) in [6, 6.07) is 2.85. The molecule has 0 spiro atoms. The van der Waals surface area contributed by atoms with Gasteiger partial charge in [-0.15, -0.1) is 11.3 Å². The fourth-order valence-electron chi connectivity index (χ4n) is 1.76. The smallest absolute Gasteiger partial charge is 0.387 e. The van der Waals surface area contributed by atoms with E-state index in [4.69, 9.17) is 0 Å². The van der Waals surface area contributed by atoms with Crippen molar-refractivity contribution in [1.82, 2.24) is 10.3 Å². The summed E-state index contributed by atoms with van der Waals surface area (Å²) < 4.78 is 29.0. The van der Waals surface area contributed by atoms with Gasteiger partial charge >= 0.3 is 6.61 Å². The van der Waals surface area contributed by atoms with Crippen LogP contribution in [0.3, 0.4) is 0 Å². The van der Waals surface area contributed by atoms with Crippen LogP contribution in [0.5, 0.6) is 5.75 Å². The van der Waals surface area contributed by atoms with Gasteiger partial charge in [-0.05, 0) is 13.0 Å². The van der Waals surface area contributed by atoms with Crippen molar-refractivity contribution in [3.8, 4) is 5.75 Å². The summed E-state index contributed by atoms with van der Waals surface area (Å²) >= 11 is 1.32. The van der Waals surface area contributed by atoms with Crippen LogP contribution in [0.2, 0.25) is 0 Å². The SMILES string of the molecule is Cc1ncsc1CNC(=O)c1cc([N+](=O)[O-])ccc1OC(F)F. The summed E-state index contributed by atoms with van der Waals surface area (Å²) in [5.74, 6) is -1.18. The maximum atomic E-state index is 12.4. The van der Waals surface area contributed by atoms with Crippen molar-refractivity contribution in [3.63, 3.8) is 0 Å². The molecule has 0 fully saturated rings. The standard InChI is InChI=1S/C13H11F2N3O4S/c1-7-11(23-6-17-7)5-16-12(19)9-4-8(18(20)21)2-3-10(9)22-13(14)15/h2-4,6,13H,5H2,1H3,(H,16,19). The summed E-state index contributed by atoms with van der Waals surface area (Å²) in [5, 5.41) is 13.3. The molecule has 1 N–H and O–H groups in total. The van der Waals surface area contributed by atoms with Crippen molar-refractivity contribution in [3.05, 3.63) is 50.0 Å². The van der Waals surface area contributed by atoms with Gasteiger partial charge in [0.25, 0.3) is 11.6 Å². The van der Waals surface area contributed by atoms with E-state index in [0.717, 1.165) is 28.8 Å². The third kappa shape index (κ3) is 4.19. The van der Waals surface area contributed by atoms with Crippen LogP contribution in [-0.2, 0) is 6.54 Å². The number of benzene rings is 1. The third-order valence-electron chi connectivity index (χ3n) is 2.89. The van der Waals surface area contributed by atoms with Crippen LogP contribution < -0.4 is 10.1 Å². The number of amides is 1. The second kappa shape index (κ2) is 7.09. The number of halogens is 2. The average molecular weight is 343 g/mol. The number of rotatable bonds is 6. The van der Waals surface area contributed by atoms with Gasteiger partial charge in [-0.2, -0.15) is 8.78 Å². The zero-order valence-corrected chi connectivity index (χ0v) is 12.6. The topological polar surface area (TPSA) is 94.4 Å². The van der Waals surface area contributed by atoms with Gasteiger partial charge < -0.3 is 10.1 Å². The average Bonchev–Trinajstić information content (AvgIpc) is 2.89. The number of hydrogen-bond donors (Lipinski definition) is 1. The van der Waals surface area contributed by atoms with Crippen LogP contribution in [0.4, 0.5) is 14.5 Å². The van der Waals surface area contributed by atoms with E-state index in [0.29, 0.717) is 0 Å². The summed E-state index contributed by atoms with van der Waals surface area (Å²) in [4.78, 5) is 27.0. The number of nitrogens with zero attached hydrogens (tertiary/aromatic N) is 2. The van der Waals surface area contributed by atoms with Crippen molar-refractivity contribution in [1.29, 1.82) is 0 Å². The molecule has 2 rings (SSSR count). The first kappa shape index (κ1) is 16.7. The Balaban J connectivity index is 2.23. The number of hydrogen-bond acceptors (Lipinski definition) is 6. The van der Waals surface area contributed by atoms with Crippen LogP contribution in [0.1, 0.15) is 20.9 Å². The molecule has 0 bridgehead atoms. The van der Waals surface area contributed by atoms with E-state index < -0.39 is 28.9 Å². The van der Waals surface area contributed by atoms with Gasteiger partial charge in [0.15, 0.2) is 0 Å². The number of non-ortho nitro benzene ring substituents is 1. The normalized spacial score (nSPS) is 10.6. The second-order valence-corrected chi connectivity index (χ2v) is 5.30. The Hall–Kier alpha value is -2.62. The van der Waals surface area contributed by atoms with Gasteiger partial charge in [-0.3, -0.25) is 14.9 Å². The molecule has 0 radical (unpaired) electrons. The number of aryl methyl sites for hydroxylation is 1. The van der Waals surface area contributed by atoms with E-state index in [1.807, 2.05) is 0 Å². The molecular weight excluding hydrogens is 332 g/mol. The van der Waals surface area contributed by atoms with Crippen molar-refractivity contribution in [2.45, 2.75) is 20.1 Å². The Morgan fingerprint density at radius 2 is 2.26 bits per heavy atom. The third-order valence-corrected chi connectivity index (χ3v) is 3.82. The minimum Gasteiger partial charge on any atom is -0.434 e. The number of thiazole rings is 1. The van der Waals surface area contributed by atoms with Crippen LogP contribution in [0, 0.1) is 17.0 Å². The van der Waals surface area contributed by atoms with E-state index in [1.54, 1.807) is 12.4 Å². The van der Waals surface area contributed by atoms with E-state index in [1.165, 1.54) is 11.3 Å². The summed E-state index contributed by atoms with van der Waals surface area (Å²) in [6.45, 7) is -1.25. The molecule has 0 atom stereocenters. The van der Waals surface area contributed by atoms with Gasteiger partial charge in [-0.1, -0.05) is 0 Å². The molecule has 2 aromatic rings. The van der Waals surface area contributed by atoms with Gasteiger partial charge in [0.2, 0.25) is 0 Å². The summed E-state index contributed by atoms with van der Waals surface area (Å²) in [6.07, 6.45) is 0. The molecule has 1 heterocycles. The molecule has 122 valence electrons. The molecule has 0 unspecified atom stereocenters. The zero-order chi connectivity index (χ0) is 17.0. The van der Waals surface area contributed by atoms with Gasteiger partial charge in [0, 0.05) is 17.0 Å². The lowest BCUT2D eigenvalue weighted by Gasteiger charge is -2.10. The first-order chi connectivity index (χ1) is 10.9. The van der Waals surface area contributed by atoms with Crippen LogP contribution in [0.15, 0.2) is 23.7 Å². The first-order valence-corrected chi connectivity index (χ1v) is 7.17. The summed E-state index contributed by atoms with van der Waals surface area (Å²) in [7, 11) is 0. The lowest BCUT2D eigenvalue weighted by Crippen LogP contribution is -2.24. The highest BCUT2D eigenvalue weighted by Crippen LogP contribution is 2.26. The highest BCUT2D eigenvalue weighted by atomic mass is 32.1. The minimum absolute atomic E-state index is 0.131. The number of aromatic nitrogens is 1. The monoisotopic (exact) mass is 343 g/mol. The molecule has 1 aromatic carbocycles. The Morgan fingerprint density at radius 3 is 2.83 bits per heavy atom. The fraction of sp³-hybridized carbons (Fsp3) is 0.231. The zero-order valence-electron chi connectivity index (χ0n) is 11.8. The molecule has 0 saturated heterocycles. The predicted molar refractivity (Wildman–Crippen MR) is 77.7 cm³/mol. The Labute approximate surface area is 133 Å². The number of nitro groups is 1. The lowest BCUT2D eigenvalue weighted by atomic mass is 10.1. The quantitative estimate of drug-likeness (QED) is 0.643. The molecule has 1 aromatic heterocycles. The number of nitrogens with one attached hydrogen (secondary N) is 1.